The monoisotopic (exact) mass is 377 g/mol. The van der Waals surface area contributed by atoms with Crippen LogP contribution in [0, 0.1) is 5.82 Å². The average Bonchev–Trinajstić information content (AvgIpc) is 2.64. The van der Waals surface area contributed by atoms with Crippen molar-refractivity contribution in [3.05, 3.63) is 59.7 Å². The van der Waals surface area contributed by atoms with Crippen LogP contribution in [0.2, 0.25) is 0 Å². The highest BCUT2D eigenvalue weighted by Crippen LogP contribution is 2.13. The summed E-state index contributed by atoms with van der Waals surface area (Å²) in [5.74, 6) is -0.430. The fourth-order valence-electron chi connectivity index (χ4n) is 2.80. The third-order valence-electron chi connectivity index (χ3n) is 4.16. The van der Waals surface area contributed by atoms with E-state index in [4.69, 9.17) is 0 Å². The second-order valence-corrected chi connectivity index (χ2v) is 6.64. The molecule has 26 heavy (non-hydrogen) atoms. The Bertz CT molecular complexity index is 778. The van der Waals surface area contributed by atoms with Crippen molar-refractivity contribution in [2.75, 3.05) is 30.9 Å². The second-order valence-electron chi connectivity index (χ2n) is 5.96. The van der Waals surface area contributed by atoms with Crippen molar-refractivity contribution in [1.29, 1.82) is 0 Å². The maximum absolute atomic E-state index is 13.0. The lowest BCUT2D eigenvalue weighted by Crippen LogP contribution is -2.48. The number of amides is 1. The molecule has 1 fully saturated rings. The predicted octanol–water partition coefficient (Wildman–Crippen LogP) is 1.38. The lowest BCUT2D eigenvalue weighted by molar-refractivity contribution is 0.0622. The first-order valence-electron chi connectivity index (χ1n) is 8.09. The zero-order valence-corrected chi connectivity index (χ0v) is 14.7. The van der Waals surface area contributed by atoms with Gasteiger partial charge in [-0.2, -0.15) is 0 Å². The van der Waals surface area contributed by atoms with Gasteiger partial charge in [-0.25, -0.2) is 9.37 Å². The van der Waals surface area contributed by atoms with Gasteiger partial charge in [-0.1, -0.05) is 12.1 Å². The van der Waals surface area contributed by atoms with E-state index in [1.807, 2.05) is 0 Å². The van der Waals surface area contributed by atoms with Gasteiger partial charge >= 0.3 is 0 Å². The van der Waals surface area contributed by atoms with E-state index in [1.54, 1.807) is 17.0 Å². The number of carbonyl (C=O) groups is 1. The van der Waals surface area contributed by atoms with Crippen LogP contribution in [0.5, 0.6) is 0 Å². The number of hydrogen-bond donors (Lipinski definition) is 1. The summed E-state index contributed by atoms with van der Waals surface area (Å²) in [5.41, 5.74) is 1.62. The molecule has 1 aromatic carbocycles. The lowest BCUT2D eigenvalue weighted by Gasteiger charge is -2.34. The highest BCUT2D eigenvalue weighted by molar-refractivity contribution is 7.80. The molecule has 1 saturated heterocycles. The van der Waals surface area contributed by atoms with Gasteiger partial charge in [-0.3, -0.25) is 13.9 Å². The molecule has 0 spiro atoms. The zero-order valence-electron chi connectivity index (χ0n) is 13.9. The van der Waals surface area contributed by atoms with Crippen molar-refractivity contribution < 1.29 is 17.9 Å². The van der Waals surface area contributed by atoms with Gasteiger partial charge in [0.2, 0.25) is 0 Å². The van der Waals surface area contributed by atoms with Crippen molar-refractivity contribution in [3.63, 3.8) is 0 Å². The van der Waals surface area contributed by atoms with Crippen LogP contribution in [0.15, 0.2) is 42.6 Å². The molecule has 2 aromatic rings. The number of piperazine rings is 1. The minimum absolute atomic E-state index is 0.179. The number of aromatic nitrogens is 1. The number of hydrogen-bond acceptors (Lipinski definition) is 5. The molecule has 1 aliphatic rings. The highest BCUT2D eigenvalue weighted by atomic mass is 32.2. The first-order valence-corrected chi connectivity index (χ1v) is 9.17. The molecule has 1 aromatic heterocycles. The van der Waals surface area contributed by atoms with Crippen LogP contribution >= 0.6 is 0 Å². The zero-order chi connectivity index (χ0) is 18.5. The molecule has 138 valence electrons. The number of halogens is 1. The number of pyridine rings is 1. The standard InChI is InChI=1S/C17H19FN4O3S/c18-14-3-1-13(2-4-14)12-21-7-9-22(10-8-21)17(23)16-6-5-15(11-19-16)20-26(24)25/h1-6,11,20H,7-10,12H2,(H,24,25)/p-1. The predicted molar refractivity (Wildman–Crippen MR) is 94.4 cm³/mol. The summed E-state index contributed by atoms with van der Waals surface area (Å²) in [5, 5.41) is 0. The van der Waals surface area contributed by atoms with Crippen LogP contribution in [0.4, 0.5) is 10.1 Å². The highest BCUT2D eigenvalue weighted by Gasteiger charge is 2.22. The van der Waals surface area contributed by atoms with Gasteiger partial charge in [0.05, 0.1) is 11.9 Å². The number of nitrogens with zero attached hydrogens (tertiary/aromatic N) is 3. The van der Waals surface area contributed by atoms with Crippen LogP contribution in [0.1, 0.15) is 16.1 Å². The molecule has 0 radical (unpaired) electrons. The Morgan fingerprint density at radius 3 is 2.42 bits per heavy atom. The number of benzene rings is 1. The molecule has 2 heterocycles. The van der Waals surface area contributed by atoms with Crippen LogP contribution < -0.4 is 4.72 Å². The second kappa shape index (κ2) is 8.35. The lowest BCUT2D eigenvalue weighted by atomic mass is 10.2. The molecule has 0 saturated carbocycles. The topological polar surface area (TPSA) is 88.6 Å². The summed E-state index contributed by atoms with van der Waals surface area (Å²) in [6.45, 7) is 3.31. The Hall–Kier alpha value is -2.36. The fourth-order valence-corrected chi connectivity index (χ4v) is 3.11. The van der Waals surface area contributed by atoms with Gasteiger partial charge in [0.25, 0.3) is 5.91 Å². The molecule has 3 rings (SSSR count). The first-order chi connectivity index (χ1) is 12.5. The molecule has 0 aliphatic carbocycles. The smallest absolute Gasteiger partial charge is 0.272 e. The average molecular weight is 377 g/mol. The Morgan fingerprint density at radius 2 is 1.85 bits per heavy atom. The van der Waals surface area contributed by atoms with Gasteiger partial charge in [-0.05, 0) is 29.8 Å². The van der Waals surface area contributed by atoms with Gasteiger partial charge in [0.1, 0.15) is 11.5 Å². The summed E-state index contributed by atoms with van der Waals surface area (Å²) in [6, 6.07) is 9.43. The molecule has 1 N–H and O–H groups in total. The molecule has 0 bridgehead atoms. The van der Waals surface area contributed by atoms with E-state index in [1.165, 1.54) is 30.5 Å². The fraction of sp³-hybridized carbons (Fsp3) is 0.294. The minimum atomic E-state index is -2.42. The van der Waals surface area contributed by atoms with Crippen LogP contribution in [-0.2, 0) is 17.8 Å². The maximum atomic E-state index is 13.0. The SMILES string of the molecule is O=C(c1ccc(NS(=O)[O-])cn1)N1CCN(Cc2ccc(F)cc2)CC1. The van der Waals surface area contributed by atoms with Crippen molar-refractivity contribution >= 4 is 22.9 Å². The van der Waals surface area contributed by atoms with Gasteiger partial charge in [0, 0.05) is 44.0 Å². The molecule has 1 atom stereocenters. The Balaban J connectivity index is 1.53. The van der Waals surface area contributed by atoms with Crippen molar-refractivity contribution in [2.24, 2.45) is 0 Å². The molecule has 9 heteroatoms. The maximum Gasteiger partial charge on any atom is 0.272 e. The molecule has 1 aliphatic heterocycles. The van der Waals surface area contributed by atoms with E-state index in [-0.39, 0.29) is 17.4 Å². The summed E-state index contributed by atoms with van der Waals surface area (Å²) < 4.78 is 36.3. The van der Waals surface area contributed by atoms with Gasteiger partial charge in [0.15, 0.2) is 0 Å². The summed E-state index contributed by atoms with van der Waals surface area (Å²) in [4.78, 5) is 20.5. The van der Waals surface area contributed by atoms with E-state index in [0.717, 1.165) is 18.7 Å². The summed E-state index contributed by atoms with van der Waals surface area (Å²) in [6.07, 6.45) is 1.31. The number of nitrogens with one attached hydrogen (secondary N) is 1. The van der Waals surface area contributed by atoms with E-state index in [0.29, 0.717) is 25.3 Å². The van der Waals surface area contributed by atoms with E-state index in [9.17, 15) is 17.9 Å². The molecular formula is C17H18FN4O3S-. The molecule has 1 amide bonds. The quantitative estimate of drug-likeness (QED) is 0.796. The van der Waals surface area contributed by atoms with Crippen LogP contribution in [0.25, 0.3) is 0 Å². The third-order valence-corrected chi connectivity index (χ3v) is 4.57. The minimum Gasteiger partial charge on any atom is -0.755 e. The summed E-state index contributed by atoms with van der Waals surface area (Å²) >= 11 is -2.42. The van der Waals surface area contributed by atoms with Crippen LogP contribution in [0.3, 0.4) is 0 Å². The van der Waals surface area contributed by atoms with Crippen molar-refractivity contribution in [1.82, 2.24) is 14.8 Å². The van der Waals surface area contributed by atoms with E-state index in [2.05, 4.69) is 14.6 Å². The summed E-state index contributed by atoms with van der Waals surface area (Å²) in [7, 11) is 0. The van der Waals surface area contributed by atoms with Gasteiger partial charge in [-0.15, -0.1) is 0 Å². The Labute approximate surface area is 153 Å². The van der Waals surface area contributed by atoms with E-state index >= 15 is 0 Å². The van der Waals surface area contributed by atoms with Crippen molar-refractivity contribution in [2.45, 2.75) is 6.54 Å². The van der Waals surface area contributed by atoms with Crippen molar-refractivity contribution in [3.8, 4) is 0 Å². The normalized spacial score (nSPS) is 16.3. The van der Waals surface area contributed by atoms with E-state index < -0.39 is 11.3 Å². The number of carbonyl (C=O) groups excluding carboxylic acids is 1. The number of rotatable bonds is 5. The van der Waals surface area contributed by atoms with Crippen LogP contribution in [-0.4, -0.2) is 55.6 Å². The Morgan fingerprint density at radius 1 is 1.15 bits per heavy atom. The molecule has 7 nitrogen and oxygen atoms in total. The third kappa shape index (κ3) is 4.84. The Kier molecular flexibility index (Phi) is 5.92. The number of anilines is 1. The molecular weight excluding hydrogens is 359 g/mol. The first kappa shape index (κ1) is 18.4. The van der Waals surface area contributed by atoms with Gasteiger partial charge < -0.3 is 14.2 Å². The largest absolute Gasteiger partial charge is 0.755 e. The molecule has 1 unspecified atom stereocenters.